The molecule has 2 heterocycles. The van der Waals surface area contributed by atoms with Gasteiger partial charge in [-0.25, -0.2) is 0 Å². The number of ether oxygens (including phenoxy) is 1. The summed E-state index contributed by atoms with van der Waals surface area (Å²) in [5, 5.41) is 7.99. The summed E-state index contributed by atoms with van der Waals surface area (Å²) in [6.45, 7) is 5.15. The molecule has 1 saturated heterocycles. The molecule has 1 aliphatic heterocycles. The third-order valence-electron chi connectivity index (χ3n) is 3.15. The Hall–Kier alpha value is -1.03. The summed E-state index contributed by atoms with van der Waals surface area (Å²) in [4.78, 5) is 0. The van der Waals surface area contributed by atoms with E-state index in [1.807, 2.05) is 11.7 Å². The highest BCUT2D eigenvalue weighted by atomic mass is 16.5. The van der Waals surface area contributed by atoms with E-state index in [1.165, 1.54) is 5.69 Å². The minimum absolute atomic E-state index is 0.296. The molecule has 2 unspecified atom stereocenters. The smallest absolute Gasteiger partial charge is 0.124 e. The zero-order chi connectivity index (χ0) is 11.5. The fraction of sp³-hybridized carbons (Fsp3) is 0.750. The number of nitrogens with one attached hydrogen (secondary N) is 1. The van der Waals surface area contributed by atoms with Crippen LogP contribution >= 0.6 is 0 Å². The second-order valence-corrected chi connectivity index (χ2v) is 4.51. The summed E-state index contributed by atoms with van der Waals surface area (Å²) in [5.74, 6) is 1.10. The van der Waals surface area contributed by atoms with E-state index in [2.05, 4.69) is 30.3 Å². The Morgan fingerprint density at radius 3 is 3.06 bits per heavy atom. The van der Waals surface area contributed by atoms with Crippen LogP contribution in [0.4, 0.5) is 5.82 Å². The lowest BCUT2D eigenvalue weighted by molar-refractivity contribution is 0.121. The average molecular weight is 223 g/mol. The molecule has 0 amide bonds. The first-order valence-electron chi connectivity index (χ1n) is 6.11. The molecule has 0 aromatic carbocycles. The van der Waals surface area contributed by atoms with Crippen LogP contribution in [0.25, 0.3) is 0 Å². The van der Waals surface area contributed by atoms with Gasteiger partial charge in [0.15, 0.2) is 0 Å². The Morgan fingerprint density at radius 2 is 2.44 bits per heavy atom. The van der Waals surface area contributed by atoms with Crippen molar-refractivity contribution in [3.05, 3.63) is 11.8 Å². The molecule has 1 aromatic rings. The lowest BCUT2D eigenvalue weighted by Gasteiger charge is -2.16. The third-order valence-corrected chi connectivity index (χ3v) is 3.15. The van der Waals surface area contributed by atoms with Gasteiger partial charge in [0, 0.05) is 19.7 Å². The monoisotopic (exact) mass is 223 g/mol. The van der Waals surface area contributed by atoms with Gasteiger partial charge in [-0.3, -0.25) is 4.68 Å². The molecule has 4 nitrogen and oxygen atoms in total. The van der Waals surface area contributed by atoms with Crippen LogP contribution in [0.5, 0.6) is 0 Å². The SMILES string of the molecule is CCCc1cc(NC2CCOC2C)n(C)n1. The van der Waals surface area contributed by atoms with E-state index in [9.17, 15) is 0 Å². The van der Waals surface area contributed by atoms with Gasteiger partial charge >= 0.3 is 0 Å². The Bertz CT molecular complexity index is 348. The van der Waals surface area contributed by atoms with E-state index >= 15 is 0 Å². The lowest BCUT2D eigenvalue weighted by Crippen LogP contribution is -2.27. The minimum atomic E-state index is 0.296. The van der Waals surface area contributed by atoms with Crippen LogP contribution < -0.4 is 5.32 Å². The van der Waals surface area contributed by atoms with Crippen molar-refractivity contribution >= 4 is 5.82 Å². The van der Waals surface area contributed by atoms with Crippen molar-refractivity contribution in [1.82, 2.24) is 9.78 Å². The summed E-state index contributed by atoms with van der Waals surface area (Å²) in [6.07, 6.45) is 3.56. The molecule has 2 atom stereocenters. The second kappa shape index (κ2) is 4.87. The predicted octanol–water partition coefficient (Wildman–Crippen LogP) is 1.96. The van der Waals surface area contributed by atoms with Crippen molar-refractivity contribution in [3.8, 4) is 0 Å². The highest BCUT2D eigenvalue weighted by Crippen LogP contribution is 2.19. The molecular weight excluding hydrogens is 202 g/mol. The Morgan fingerprint density at radius 1 is 1.62 bits per heavy atom. The first-order chi connectivity index (χ1) is 7.70. The van der Waals surface area contributed by atoms with Crippen LogP contribution in [0, 0.1) is 0 Å². The molecule has 0 radical (unpaired) electrons. The fourth-order valence-corrected chi connectivity index (χ4v) is 2.15. The van der Waals surface area contributed by atoms with Crippen molar-refractivity contribution in [3.63, 3.8) is 0 Å². The van der Waals surface area contributed by atoms with Crippen LogP contribution in [0.1, 0.15) is 32.4 Å². The average Bonchev–Trinajstić information content (AvgIpc) is 2.77. The van der Waals surface area contributed by atoms with Crippen molar-refractivity contribution in [2.75, 3.05) is 11.9 Å². The van der Waals surface area contributed by atoms with Crippen LogP contribution in [0.15, 0.2) is 6.07 Å². The molecule has 1 fully saturated rings. The quantitative estimate of drug-likeness (QED) is 0.848. The summed E-state index contributed by atoms with van der Waals surface area (Å²) in [6, 6.07) is 2.57. The first kappa shape index (κ1) is 11.5. The minimum Gasteiger partial charge on any atom is -0.376 e. The maximum Gasteiger partial charge on any atom is 0.124 e. The van der Waals surface area contributed by atoms with Crippen molar-refractivity contribution in [1.29, 1.82) is 0 Å². The van der Waals surface area contributed by atoms with E-state index in [-0.39, 0.29) is 0 Å². The normalized spacial score (nSPS) is 24.9. The number of aryl methyl sites for hydroxylation is 2. The van der Waals surface area contributed by atoms with Gasteiger partial charge in [0.05, 0.1) is 17.8 Å². The molecule has 0 spiro atoms. The predicted molar refractivity (Wildman–Crippen MR) is 64.6 cm³/mol. The van der Waals surface area contributed by atoms with Gasteiger partial charge in [0.1, 0.15) is 5.82 Å². The molecule has 1 aromatic heterocycles. The summed E-state index contributed by atoms with van der Waals surface area (Å²) in [5.41, 5.74) is 1.17. The van der Waals surface area contributed by atoms with E-state index in [0.29, 0.717) is 12.1 Å². The van der Waals surface area contributed by atoms with Gasteiger partial charge in [-0.15, -0.1) is 0 Å². The Kier molecular flexibility index (Phi) is 3.49. The Balaban J connectivity index is 2.03. The van der Waals surface area contributed by atoms with Gasteiger partial charge < -0.3 is 10.1 Å². The van der Waals surface area contributed by atoms with E-state index in [1.54, 1.807) is 0 Å². The van der Waals surface area contributed by atoms with Gasteiger partial charge in [-0.1, -0.05) is 13.3 Å². The van der Waals surface area contributed by atoms with Gasteiger partial charge in [-0.2, -0.15) is 5.10 Å². The third kappa shape index (κ3) is 2.38. The number of hydrogen-bond acceptors (Lipinski definition) is 3. The molecule has 0 saturated carbocycles. The highest BCUT2D eigenvalue weighted by Gasteiger charge is 2.24. The number of anilines is 1. The van der Waals surface area contributed by atoms with Crippen LogP contribution in [0.3, 0.4) is 0 Å². The molecule has 4 heteroatoms. The topological polar surface area (TPSA) is 39.1 Å². The summed E-state index contributed by atoms with van der Waals surface area (Å²) < 4.78 is 7.47. The molecule has 2 rings (SSSR count). The fourth-order valence-electron chi connectivity index (χ4n) is 2.15. The van der Waals surface area contributed by atoms with E-state index < -0.39 is 0 Å². The molecule has 0 aliphatic carbocycles. The van der Waals surface area contributed by atoms with Crippen LogP contribution in [-0.2, 0) is 18.2 Å². The summed E-state index contributed by atoms with van der Waals surface area (Å²) >= 11 is 0. The van der Waals surface area contributed by atoms with Crippen molar-refractivity contribution < 1.29 is 4.74 Å². The zero-order valence-electron chi connectivity index (χ0n) is 10.4. The standard InChI is InChI=1S/C12H21N3O/c1-4-5-10-8-12(15(3)14-10)13-11-6-7-16-9(11)2/h8-9,11,13H,4-7H2,1-3H3. The van der Waals surface area contributed by atoms with E-state index in [4.69, 9.17) is 4.74 Å². The number of hydrogen-bond donors (Lipinski definition) is 1. The maximum absolute atomic E-state index is 5.54. The zero-order valence-corrected chi connectivity index (χ0v) is 10.4. The maximum atomic E-state index is 5.54. The van der Waals surface area contributed by atoms with Crippen LogP contribution in [-0.4, -0.2) is 28.5 Å². The number of rotatable bonds is 4. The highest BCUT2D eigenvalue weighted by molar-refractivity contribution is 5.38. The van der Waals surface area contributed by atoms with Crippen molar-refractivity contribution in [2.45, 2.75) is 45.3 Å². The molecule has 1 aliphatic rings. The molecule has 16 heavy (non-hydrogen) atoms. The van der Waals surface area contributed by atoms with Crippen molar-refractivity contribution in [2.24, 2.45) is 7.05 Å². The number of aromatic nitrogens is 2. The van der Waals surface area contributed by atoms with Gasteiger partial charge in [-0.05, 0) is 19.8 Å². The summed E-state index contributed by atoms with van der Waals surface area (Å²) in [7, 11) is 1.99. The number of nitrogens with zero attached hydrogens (tertiary/aromatic N) is 2. The molecule has 0 bridgehead atoms. The molecular formula is C12H21N3O. The Labute approximate surface area is 97.0 Å². The first-order valence-corrected chi connectivity index (χ1v) is 6.11. The van der Waals surface area contributed by atoms with E-state index in [0.717, 1.165) is 31.7 Å². The largest absolute Gasteiger partial charge is 0.376 e. The van der Waals surface area contributed by atoms with Gasteiger partial charge in [0.2, 0.25) is 0 Å². The lowest BCUT2D eigenvalue weighted by atomic mass is 10.1. The molecule has 1 N–H and O–H groups in total. The van der Waals surface area contributed by atoms with Gasteiger partial charge in [0.25, 0.3) is 0 Å². The van der Waals surface area contributed by atoms with Crippen LogP contribution in [0.2, 0.25) is 0 Å². The second-order valence-electron chi connectivity index (χ2n) is 4.51. The molecule has 90 valence electrons.